The van der Waals surface area contributed by atoms with Gasteiger partial charge in [0.1, 0.15) is 18.2 Å². The maximum Gasteiger partial charge on any atom is 0.293 e. The van der Waals surface area contributed by atoms with Crippen LogP contribution in [-0.4, -0.2) is 53.8 Å². The first-order chi connectivity index (χ1) is 14.6. The summed E-state index contributed by atoms with van der Waals surface area (Å²) in [6, 6.07) is 9.81. The van der Waals surface area contributed by atoms with E-state index in [1.165, 1.54) is 23.5 Å². The van der Waals surface area contributed by atoms with Crippen molar-refractivity contribution in [2.45, 2.75) is 6.54 Å². The Hall–Kier alpha value is -2.42. The average molecular weight is 449 g/mol. The van der Waals surface area contributed by atoms with E-state index >= 15 is 0 Å². The molecule has 1 fully saturated rings. The van der Waals surface area contributed by atoms with Gasteiger partial charge in [-0.3, -0.25) is 9.69 Å². The Balaban J connectivity index is 1.30. The van der Waals surface area contributed by atoms with Gasteiger partial charge < -0.3 is 14.2 Å². The number of nitrogens with zero attached hydrogens (tertiary/aromatic N) is 4. The number of benzene rings is 1. The van der Waals surface area contributed by atoms with E-state index in [9.17, 15) is 9.18 Å². The molecule has 4 rings (SSSR count). The highest BCUT2D eigenvalue weighted by molar-refractivity contribution is 7.16. The molecule has 1 saturated heterocycles. The molecular weight excluding hydrogens is 427 g/mol. The number of hydrogen-bond acceptors (Lipinski definition) is 6. The minimum absolute atomic E-state index is 0.0879. The van der Waals surface area contributed by atoms with E-state index in [1.807, 2.05) is 17.0 Å². The normalized spacial score (nSPS) is 14.8. The van der Waals surface area contributed by atoms with Crippen molar-refractivity contribution in [1.29, 1.82) is 0 Å². The number of thiophene rings is 1. The van der Waals surface area contributed by atoms with Crippen LogP contribution < -0.4 is 15.2 Å². The maximum absolute atomic E-state index is 12.9. The predicted octanol–water partition coefficient (Wildman–Crippen LogP) is 3.35. The minimum Gasteiger partial charge on any atom is -0.492 e. The summed E-state index contributed by atoms with van der Waals surface area (Å²) in [6.45, 7) is 4.91. The quantitative estimate of drug-likeness (QED) is 0.555. The van der Waals surface area contributed by atoms with Crippen LogP contribution in [0, 0.1) is 5.82 Å². The molecule has 158 valence electrons. The number of aromatic nitrogens is 2. The molecule has 0 amide bonds. The summed E-state index contributed by atoms with van der Waals surface area (Å²) < 4.78 is 21.0. The molecule has 0 bridgehead atoms. The molecule has 3 aromatic rings. The van der Waals surface area contributed by atoms with Gasteiger partial charge in [0.2, 0.25) is 0 Å². The Kier molecular flexibility index (Phi) is 6.66. The van der Waals surface area contributed by atoms with E-state index in [0.29, 0.717) is 29.1 Å². The van der Waals surface area contributed by atoms with E-state index in [4.69, 9.17) is 16.3 Å². The molecule has 30 heavy (non-hydrogen) atoms. The summed E-state index contributed by atoms with van der Waals surface area (Å²) in [7, 11) is 0. The van der Waals surface area contributed by atoms with Crippen LogP contribution in [0.3, 0.4) is 0 Å². The second-order valence-corrected chi connectivity index (χ2v) is 8.82. The number of rotatable bonds is 7. The van der Waals surface area contributed by atoms with Crippen LogP contribution in [0.1, 0.15) is 4.88 Å². The molecule has 0 spiro atoms. The molecule has 2 aromatic heterocycles. The molecule has 9 heteroatoms. The van der Waals surface area contributed by atoms with Crippen LogP contribution in [0.15, 0.2) is 53.6 Å². The summed E-state index contributed by atoms with van der Waals surface area (Å²) in [5.74, 6) is 0.879. The lowest BCUT2D eigenvalue weighted by Crippen LogP contribution is -2.49. The van der Waals surface area contributed by atoms with Crippen LogP contribution in [0.25, 0.3) is 0 Å². The van der Waals surface area contributed by atoms with Crippen LogP contribution in [0.4, 0.5) is 10.2 Å². The van der Waals surface area contributed by atoms with Crippen LogP contribution in [0.5, 0.6) is 5.75 Å². The molecule has 0 N–H and O–H groups in total. The molecule has 3 heterocycles. The Bertz CT molecular complexity index is 1030. The standard InChI is InChI=1S/C21H22ClFN4O2S/c22-19-6-5-18(30-19)15-27-8-7-24-20(21(27)28)26-11-9-25(10-12-26)13-14-29-17-3-1-16(23)2-4-17/h1-8H,9-15H2. The molecular formula is C21H22ClFN4O2S. The highest BCUT2D eigenvalue weighted by atomic mass is 35.5. The molecule has 1 aromatic carbocycles. The fraction of sp³-hybridized carbons (Fsp3) is 0.333. The monoisotopic (exact) mass is 448 g/mol. The highest BCUT2D eigenvalue weighted by Gasteiger charge is 2.21. The average Bonchev–Trinajstić information content (AvgIpc) is 3.16. The first-order valence-corrected chi connectivity index (χ1v) is 10.9. The lowest BCUT2D eigenvalue weighted by molar-refractivity contribution is 0.200. The van der Waals surface area contributed by atoms with E-state index in [1.54, 1.807) is 29.1 Å². The van der Waals surface area contributed by atoms with Crippen LogP contribution in [0.2, 0.25) is 4.34 Å². The third kappa shape index (κ3) is 5.19. The fourth-order valence-electron chi connectivity index (χ4n) is 3.39. The van der Waals surface area contributed by atoms with Crippen molar-refractivity contribution in [2.75, 3.05) is 44.2 Å². The zero-order chi connectivity index (χ0) is 20.9. The van der Waals surface area contributed by atoms with Crippen LogP contribution in [-0.2, 0) is 6.54 Å². The van der Waals surface area contributed by atoms with Crippen molar-refractivity contribution in [3.63, 3.8) is 0 Å². The van der Waals surface area contributed by atoms with Gasteiger partial charge in [0.15, 0.2) is 5.82 Å². The van der Waals surface area contributed by atoms with Crippen molar-refractivity contribution in [3.8, 4) is 5.75 Å². The first-order valence-electron chi connectivity index (χ1n) is 9.74. The summed E-state index contributed by atoms with van der Waals surface area (Å²) in [5, 5.41) is 0. The first kappa shape index (κ1) is 20.8. The number of piperazine rings is 1. The molecule has 0 atom stereocenters. The van der Waals surface area contributed by atoms with Gasteiger partial charge in [-0.2, -0.15) is 0 Å². The van der Waals surface area contributed by atoms with E-state index in [0.717, 1.165) is 37.6 Å². The maximum atomic E-state index is 12.9. The van der Waals surface area contributed by atoms with Gasteiger partial charge >= 0.3 is 0 Å². The lowest BCUT2D eigenvalue weighted by atomic mass is 10.3. The van der Waals surface area contributed by atoms with Crippen molar-refractivity contribution < 1.29 is 9.13 Å². The van der Waals surface area contributed by atoms with Crippen LogP contribution >= 0.6 is 22.9 Å². The summed E-state index contributed by atoms with van der Waals surface area (Å²) >= 11 is 7.47. The van der Waals surface area contributed by atoms with Gasteiger partial charge in [0.05, 0.1) is 10.9 Å². The zero-order valence-electron chi connectivity index (χ0n) is 16.3. The smallest absolute Gasteiger partial charge is 0.293 e. The Labute approximate surface area is 183 Å². The topological polar surface area (TPSA) is 50.6 Å². The fourth-order valence-corrected chi connectivity index (χ4v) is 4.48. The van der Waals surface area contributed by atoms with E-state index in [-0.39, 0.29) is 11.4 Å². The summed E-state index contributed by atoms with van der Waals surface area (Å²) in [6.07, 6.45) is 3.39. The predicted molar refractivity (Wildman–Crippen MR) is 117 cm³/mol. The van der Waals surface area contributed by atoms with Gasteiger partial charge in [-0.15, -0.1) is 11.3 Å². The molecule has 1 aliphatic heterocycles. The van der Waals surface area contributed by atoms with Gasteiger partial charge in [-0.25, -0.2) is 9.37 Å². The molecule has 0 radical (unpaired) electrons. The Morgan fingerprint density at radius 2 is 1.87 bits per heavy atom. The second kappa shape index (κ2) is 9.59. The molecule has 0 saturated carbocycles. The number of hydrogen-bond donors (Lipinski definition) is 0. The third-order valence-corrected chi connectivity index (χ3v) is 6.23. The van der Waals surface area contributed by atoms with Crippen molar-refractivity contribution >= 4 is 28.8 Å². The van der Waals surface area contributed by atoms with Crippen molar-refractivity contribution in [2.24, 2.45) is 0 Å². The third-order valence-electron chi connectivity index (χ3n) is 5.01. The van der Waals surface area contributed by atoms with Crippen molar-refractivity contribution in [3.05, 3.63) is 74.2 Å². The van der Waals surface area contributed by atoms with E-state index in [2.05, 4.69) is 9.88 Å². The van der Waals surface area contributed by atoms with Gasteiger partial charge in [0.25, 0.3) is 5.56 Å². The Morgan fingerprint density at radius 1 is 1.10 bits per heavy atom. The molecule has 1 aliphatic rings. The van der Waals surface area contributed by atoms with Crippen molar-refractivity contribution in [1.82, 2.24) is 14.5 Å². The molecule has 6 nitrogen and oxygen atoms in total. The van der Waals surface area contributed by atoms with Gasteiger partial charge in [-0.05, 0) is 36.4 Å². The largest absolute Gasteiger partial charge is 0.492 e. The Morgan fingerprint density at radius 3 is 2.57 bits per heavy atom. The second-order valence-electron chi connectivity index (χ2n) is 7.02. The lowest BCUT2D eigenvalue weighted by Gasteiger charge is -2.34. The van der Waals surface area contributed by atoms with Gasteiger partial charge in [0, 0.05) is 50.0 Å². The molecule has 0 aliphatic carbocycles. The zero-order valence-corrected chi connectivity index (χ0v) is 17.9. The van der Waals surface area contributed by atoms with Gasteiger partial charge in [-0.1, -0.05) is 11.6 Å². The molecule has 0 unspecified atom stereocenters. The number of anilines is 1. The highest BCUT2D eigenvalue weighted by Crippen LogP contribution is 2.22. The SMILES string of the molecule is O=c1c(N2CCN(CCOc3ccc(F)cc3)CC2)nccn1Cc1ccc(Cl)s1. The minimum atomic E-state index is -0.272. The number of halogens is 2. The summed E-state index contributed by atoms with van der Waals surface area (Å²) in [4.78, 5) is 22.6. The summed E-state index contributed by atoms with van der Waals surface area (Å²) in [5.41, 5.74) is -0.0879. The number of ether oxygens (including phenoxy) is 1. The van der Waals surface area contributed by atoms with E-state index < -0.39 is 0 Å².